The fraction of sp³-hybridized carbons (Fsp3) is 0.130. The van der Waals surface area contributed by atoms with E-state index in [4.69, 9.17) is 0 Å². The molecule has 6 aromatic carbocycles. The van der Waals surface area contributed by atoms with Crippen LogP contribution >= 0.6 is 23.5 Å². The summed E-state index contributed by atoms with van der Waals surface area (Å²) in [6.45, 7) is 10.1. The van der Waals surface area contributed by atoms with Crippen LogP contribution in [-0.4, -0.2) is 5.43 Å². The molecule has 2 heterocycles. The first-order valence-corrected chi connectivity index (χ1v) is 28.7. The molecule has 0 N–H and O–H groups in total. The van der Waals surface area contributed by atoms with Gasteiger partial charge in [-0.15, -0.1) is 0 Å². The minimum absolute atomic E-state index is 0. The van der Waals surface area contributed by atoms with Crippen LogP contribution in [0.4, 0.5) is 34.1 Å². The monoisotopic (exact) mass is 870 g/mol. The molecule has 4 aliphatic rings. The first-order valence-electron chi connectivity index (χ1n) is 18.1. The molecule has 0 aromatic heterocycles. The Balaban J connectivity index is 0.00000207. The molecule has 0 spiro atoms. The van der Waals surface area contributed by atoms with Crippen LogP contribution < -0.4 is 34.6 Å². The summed E-state index contributed by atoms with van der Waals surface area (Å²) in [7, 11) is 0. The molecule has 54 heavy (non-hydrogen) atoms. The molecule has 10 rings (SSSR count). The van der Waals surface area contributed by atoms with E-state index in [1.807, 2.05) is 23.5 Å². The molecule has 2 aliphatic heterocycles. The fourth-order valence-electron chi connectivity index (χ4n) is 8.85. The van der Waals surface area contributed by atoms with Crippen molar-refractivity contribution >= 4 is 75.2 Å². The van der Waals surface area contributed by atoms with E-state index < -0.39 is 25.8 Å². The molecule has 0 saturated heterocycles. The van der Waals surface area contributed by atoms with Crippen molar-refractivity contribution in [2.45, 2.75) is 53.8 Å². The van der Waals surface area contributed by atoms with Crippen LogP contribution in [0, 0.1) is 0 Å². The van der Waals surface area contributed by atoms with E-state index in [-0.39, 0.29) is 24.8 Å². The number of nitrogens with zero attached hydrogens (tertiary/aromatic N) is 2. The van der Waals surface area contributed by atoms with E-state index in [2.05, 4.69) is 182 Å². The number of allylic oxidation sites excluding steroid dienone is 2. The minimum atomic E-state index is -2.30. The van der Waals surface area contributed by atoms with Crippen LogP contribution in [0.2, 0.25) is 13.1 Å². The van der Waals surface area contributed by atoms with Crippen molar-refractivity contribution < 1.29 is 45.2 Å². The summed E-state index contributed by atoms with van der Waals surface area (Å²) in [5.41, 5.74) is 16.2. The van der Waals surface area contributed by atoms with Crippen LogP contribution in [0.25, 0.3) is 12.2 Å². The molecule has 0 fully saturated rings. The van der Waals surface area contributed by atoms with E-state index in [0.717, 1.165) is 0 Å². The second kappa shape index (κ2) is 15.0. The molecule has 0 bridgehead atoms. The van der Waals surface area contributed by atoms with Crippen LogP contribution in [0.15, 0.2) is 164 Å². The SMILES string of the molecule is CC1=Cc2ccc(N3c4ccccc4Sc4ccccc43)cc2[C@@H]1[Zr+2]([C@H]1C(C)=Cc2ccc(N3c4ccccc4Sc4ccccc43)cc21)=[Si](C)C.[Cl-].[Cl-]. The number of halogens is 2. The van der Waals surface area contributed by atoms with Crippen molar-refractivity contribution in [3.8, 4) is 0 Å². The molecule has 8 heteroatoms. The normalized spacial score (nSPS) is 16.8. The van der Waals surface area contributed by atoms with Gasteiger partial charge in [-0.2, -0.15) is 0 Å². The van der Waals surface area contributed by atoms with Crippen molar-refractivity contribution in [1.29, 1.82) is 0 Å². The zero-order chi connectivity index (χ0) is 35.1. The van der Waals surface area contributed by atoms with Gasteiger partial charge in [0.05, 0.1) is 0 Å². The van der Waals surface area contributed by atoms with Gasteiger partial charge in [0.2, 0.25) is 0 Å². The van der Waals surface area contributed by atoms with Crippen LogP contribution in [0.5, 0.6) is 0 Å². The van der Waals surface area contributed by atoms with Gasteiger partial charge < -0.3 is 24.8 Å². The Bertz CT molecular complexity index is 2320. The Labute approximate surface area is 347 Å². The molecular formula is C46H38Cl2N2S2SiZr. The topological polar surface area (TPSA) is 6.48 Å². The quantitative estimate of drug-likeness (QED) is 0.165. The van der Waals surface area contributed by atoms with Crippen molar-refractivity contribution in [1.82, 2.24) is 0 Å². The Morgan fingerprint density at radius 2 is 0.815 bits per heavy atom. The Morgan fingerprint density at radius 1 is 0.481 bits per heavy atom. The average molecular weight is 873 g/mol. The number of para-hydroxylation sites is 4. The van der Waals surface area contributed by atoms with Crippen molar-refractivity contribution in [2.24, 2.45) is 0 Å². The van der Waals surface area contributed by atoms with Gasteiger partial charge in [0, 0.05) is 0 Å². The number of fused-ring (bicyclic) bond motifs is 6. The molecule has 2 nitrogen and oxygen atoms in total. The number of rotatable bonds is 4. The van der Waals surface area contributed by atoms with Crippen LogP contribution in [-0.2, 0) is 20.4 Å². The third-order valence-corrected chi connectivity index (χ3v) is 33.2. The molecular weight excluding hydrogens is 835 g/mol. The number of anilines is 6. The third kappa shape index (κ3) is 6.13. The molecule has 6 aromatic rings. The Morgan fingerprint density at radius 3 is 1.15 bits per heavy atom. The summed E-state index contributed by atoms with van der Waals surface area (Å²) in [6.07, 6.45) is 5.04. The van der Waals surface area contributed by atoms with E-state index >= 15 is 0 Å². The van der Waals surface area contributed by atoms with Gasteiger partial charge in [-0.25, -0.2) is 0 Å². The predicted molar refractivity (Wildman–Crippen MR) is 221 cm³/mol. The Kier molecular flexibility index (Phi) is 10.5. The van der Waals surface area contributed by atoms with Gasteiger partial charge in [-0.3, -0.25) is 0 Å². The van der Waals surface area contributed by atoms with Gasteiger partial charge in [0.15, 0.2) is 0 Å². The average Bonchev–Trinajstić information content (AvgIpc) is 3.66. The summed E-state index contributed by atoms with van der Waals surface area (Å²) in [6, 6.07) is 50.2. The molecule has 266 valence electrons. The standard InChI is InChI=1S/2C22H16NS.C2H6Si.2ClH.Zr/c2*1-15-12-16-10-11-18(14-17(16)13-15)23-19-6-2-4-8-21(19)24-22-9-5-3-7-20(22)23;1-3-2;;;/h2*2-14H,1H3;1-2H3;2*1H;/q;;;;;+2/p-2. The molecule has 2 atom stereocenters. The van der Waals surface area contributed by atoms with Crippen LogP contribution in [0.3, 0.4) is 0 Å². The van der Waals surface area contributed by atoms with E-state index in [1.165, 1.54) is 64.8 Å². The van der Waals surface area contributed by atoms with E-state index in [9.17, 15) is 0 Å². The molecule has 0 radical (unpaired) electrons. The van der Waals surface area contributed by atoms with Gasteiger partial charge in [0.25, 0.3) is 0 Å². The number of hydrogen-bond donors (Lipinski definition) is 0. The maximum absolute atomic E-state index is 2.63. The summed E-state index contributed by atoms with van der Waals surface area (Å²) in [5.74, 6) is 0. The number of hydrogen-bond acceptors (Lipinski definition) is 4. The zero-order valence-corrected chi connectivity index (χ0v) is 37.1. The summed E-state index contributed by atoms with van der Waals surface area (Å²) in [5, 5.41) is 0. The third-order valence-electron chi connectivity index (χ3n) is 11.0. The first kappa shape index (κ1) is 37.7. The molecule has 0 saturated carbocycles. The van der Waals surface area contributed by atoms with E-state index in [0.29, 0.717) is 7.25 Å². The minimum Gasteiger partial charge on any atom is -1.00 e. The Hall–Kier alpha value is -3.22. The molecule has 0 amide bonds. The van der Waals surface area contributed by atoms with Crippen molar-refractivity contribution in [2.75, 3.05) is 9.80 Å². The van der Waals surface area contributed by atoms with Crippen molar-refractivity contribution in [3.63, 3.8) is 0 Å². The first-order chi connectivity index (χ1) is 25.4. The van der Waals surface area contributed by atoms with Gasteiger partial charge in [0.1, 0.15) is 0 Å². The smallest absolute Gasteiger partial charge is 1.00 e. The zero-order valence-electron chi connectivity index (χ0n) is 30.5. The number of benzene rings is 6. The maximum atomic E-state index is 2.63. The maximum Gasteiger partial charge on any atom is -1.00 e. The summed E-state index contributed by atoms with van der Waals surface area (Å²) < 4.78 is 1.11. The van der Waals surface area contributed by atoms with Gasteiger partial charge in [-0.05, 0) is 0 Å². The summed E-state index contributed by atoms with van der Waals surface area (Å²) in [4.78, 5) is 10.3. The second-order valence-corrected chi connectivity index (χ2v) is 34.5. The predicted octanol–water partition coefficient (Wildman–Crippen LogP) is 8.05. The van der Waals surface area contributed by atoms with Gasteiger partial charge in [-0.1, -0.05) is 0 Å². The second-order valence-electron chi connectivity index (χ2n) is 14.5. The van der Waals surface area contributed by atoms with E-state index in [1.54, 1.807) is 22.3 Å². The largest absolute Gasteiger partial charge is 1.00 e. The summed E-state index contributed by atoms with van der Waals surface area (Å²) >= 11 is 1.46. The van der Waals surface area contributed by atoms with Crippen molar-refractivity contribution in [3.05, 3.63) is 167 Å². The fourth-order valence-corrected chi connectivity index (χ4v) is 31.7. The van der Waals surface area contributed by atoms with Gasteiger partial charge >= 0.3 is 326 Å². The molecule has 2 aliphatic carbocycles. The van der Waals surface area contributed by atoms with Crippen LogP contribution in [0.1, 0.15) is 43.4 Å². The molecule has 0 unspecified atom stereocenters.